The fourth-order valence-corrected chi connectivity index (χ4v) is 7.15. The molecule has 3 aromatic rings. The summed E-state index contributed by atoms with van der Waals surface area (Å²) < 4.78 is 5.92. The standard InChI is InChI=1S/C36H29NO6/c1-20-16-29(38)28-18-27-24(14-15-26-32(27)36(42)37(35(26)41)22-10-6-3-7-11-22)31(33(28)34(20)40)25-13-12-23(17-30(25)39)43-19-21-8-4-2-5-9-21/h2-14,16-17,26-27,31-32,39H,15,18-19H2,1H3/t26-,27+,31+,32-/m0/s1. The molecule has 2 amide bonds. The molecule has 0 aromatic heterocycles. The molecule has 3 aromatic carbocycles. The van der Waals surface area contributed by atoms with Crippen molar-refractivity contribution in [3.05, 3.63) is 124 Å². The lowest BCUT2D eigenvalue weighted by atomic mass is 9.59. The third-order valence-corrected chi connectivity index (χ3v) is 9.14. The molecule has 0 unspecified atom stereocenters. The first-order chi connectivity index (χ1) is 20.8. The third-order valence-electron chi connectivity index (χ3n) is 9.14. The summed E-state index contributed by atoms with van der Waals surface area (Å²) in [6, 6.07) is 23.5. The van der Waals surface area contributed by atoms with Crippen molar-refractivity contribution >= 4 is 29.1 Å². The molecule has 1 aliphatic heterocycles. The molecule has 1 fully saturated rings. The summed E-state index contributed by atoms with van der Waals surface area (Å²) in [6.45, 7) is 1.94. The van der Waals surface area contributed by atoms with Gasteiger partial charge in [0.15, 0.2) is 11.6 Å². The number of imide groups is 1. The van der Waals surface area contributed by atoms with Crippen LogP contribution in [0.15, 0.2) is 113 Å². The number of carbonyl (C=O) groups excluding carboxylic acids is 4. The first-order valence-corrected chi connectivity index (χ1v) is 14.5. The Kier molecular flexibility index (Phi) is 6.46. The van der Waals surface area contributed by atoms with E-state index in [2.05, 4.69) is 0 Å². The minimum absolute atomic E-state index is 0.0710. The van der Waals surface area contributed by atoms with Crippen molar-refractivity contribution in [3.63, 3.8) is 0 Å². The first kappa shape index (κ1) is 26.8. The van der Waals surface area contributed by atoms with Crippen LogP contribution in [0.3, 0.4) is 0 Å². The number of ether oxygens (including phenoxy) is 1. The Morgan fingerprint density at radius 3 is 2.33 bits per heavy atom. The second-order valence-electron chi connectivity index (χ2n) is 11.6. The summed E-state index contributed by atoms with van der Waals surface area (Å²) >= 11 is 0. The van der Waals surface area contributed by atoms with Crippen molar-refractivity contribution in [2.24, 2.45) is 17.8 Å². The molecule has 4 aliphatic rings. The van der Waals surface area contributed by atoms with Gasteiger partial charge in [0, 0.05) is 34.3 Å². The lowest BCUT2D eigenvalue weighted by molar-refractivity contribution is -0.123. The highest BCUT2D eigenvalue weighted by Crippen LogP contribution is 2.56. The number of amides is 2. The van der Waals surface area contributed by atoms with Crippen LogP contribution in [-0.2, 0) is 25.8 Å². The summed E-state index contributed by atoms with van der Waals surface area (Å²) in [6.07, 6.45) is 3.82. The summed E-state index contributed by atoms with van der Waals surface area (Å²) in [5.74, 6) is -3.10. The number of ketones is 2. The SMILES string of the molecule is CC1=CC(=O)C2=C(C1=O)[C@@H](c1ccc(OCc3ccccc3)cc1O)C1=CC[C@@H]3C(=O)N(c4ccccc4)C(=O)[C@@H]3[C@@H]1C2. The fraction of sp³-hybridized carbons (Fsp3) is 0.222. The molecule has 0 radical (unpaired) electrons. The predicted molar refractivity (Wildman–Crippen MR) is 159 cm³/mol. The van der Waals surface area contributed by atoms with Gasteiger partial charge < -0.3 is 9.84 Å². The molecule has 1 N–H and O–H groups in total. The van der Waals surface area contributed by atoms with E-state index in [1.807, 2.05) is 42.5 Å². The number of Topliss-reactive ketones (excluding diaryl/α,β-unsaturated/α-hetero) is 1. The topological polar surface area (TPSA) is 101 Å². The Hall–Kier alpha value is -5.04. The van der Waals surface area contributed by atoms with Crippen LogP contribution >= 0.6 is 0 Å². The number of para-hydroxylation sites is 1. The molecule has 1 saturated heterocycles. The van der Waals surface area contributed by atoms with Crippen molar-refractivity contribution in [2.75, 3.05) is 4.90 Å². The number of carbonyl (C=O) groups is 4. The minimum Gasteiger partial charge on any atom is -0.507 e. The largest absolute Gasteiger partial charge is 0.507 e. The average Bonchev–Trinajstić information content (AvgIpc) is 3.28. The summed E-state index contributed by atoms with van der Waals surface area (Å²) in [5, 5.41) is 11.3. The number of nitrogens with zero attached hydrogens (tertiary/aromatic N) is 1. The molecule has 7 rings (SSSR count). The predicted octanol–water partition coefficient (Wildman–Crippen LogP) is 5.61. The minimum atomic E-state index is -0.730. The van der Waals surface area contributed by atoms with Crippen molar-refractivity contribution in [3.8, 4) is 11.5 Å². The number of hydrogen-bond acceptors (Lipinski definition) is 6. The van der Waals surface area contributed by atoms with Crippen LogP contribution < -0.4 is 9.64 Å². The van der Waals surface area contributed by atoms with E-state index in [1.165, 1.54) is 17.0 Å². The van der Waals surface area contributed by atoms with E-state index in [0.717, 1.165) is 11.1 Å². The Labute approximate surface area is 248 Å². The Morgan fingerprint density at radius 1 is 0.884 bits per heavy atom. The summed E-state index contributed by atoms with van der Waals surface area (Å²) in [4.78, 5) is 55.8. The molecule has 4 atom stereocenters. The van der Waals surface area contributed by atoms with Gasteiger partial charge >= 0.3 is 0 Å². The summed E-state index contributed by atoms with van der Waals surface area (Å²) in [7, 11) is 0. The van der Waals surface area contributed by atoms with Gasteiger partial charge in [-0.05, 0) is 55.5 Å². The van der Waals surface area contributed by atoms with E-state index in [0.29, 0.717) is 46.7 Å². The van der Waals surface area contributed by atoms with E-state index < -0.39 is 23.7 Å². The highest BCUT2D eigenvalue weighted by molar-refractivity contribution is 6.25. The van der Waals surface area contributed by atoms with E-state index in [1.54, 1.807) is 43.3 Å². The van der Waals surface area contributed by atoms with E-state index >= 15 is 0 Å². The number of anilines is 1. The second-order valence-corrected chi connectivity index (χ2v) is 11.6. The van der Waals surface area contributed by atoms with Crippen molar-refractivity contribution in [1.29, 1.82) is 0 Å². The lowest BCUT2D eigenvalue weighted by Crippen LogP contribution is -2.39. The van der Waals surface area contributed by atoms with Gasteiger partial charge in [-0.1, -0.05) is 66.2 Å². The molecular weight excluding hydrogens is 542 g/mol. The van der Waals surface area contributed by atoms with Crippen LogP contribution in [0.1, 0.15) is 36.8 Å². The normalized spacial score (nSPS) is 24.7. The molecular formula is C36H29NO6. The number of allylic oxidation sites excluding steroid dienone is 6. The van der Waals surface area contributed by atoms with Crippen LogP contribution in [0.4, 0.5) is 5.69 Å². The number of phenols is 1. The Morgan fingerprint density at radius 2 is 1.60 bits per heavy atom. The van der Waals surface area contributed by atoms with Crippen LogP contribution in [-0.4, -0.2) is 28.5 Å². The van der Waals surface area contributed by atoms with E-state index in [4.69, 9.17) is 4.74 Å². The number of phenolic OH excluding ortho intramolecular Hbond substituents is 1. The quantitative estimate of drug-likeness (QED) is 0.243. The molecule has 0 bridgehead atoms. The van der Waals surface area contributed by atoms with Gasteiger partial charge in [-0.2, -0.15) is 0 Å². The molecule has 43 heavy (non-hydrogen) atoms. The highest BCUT2D eigenvalue weighted by Gasteiger charge is 2.56. The number of fused-ring (bicyclic) bond motifs is 3. The monoisotopic (exact) mass is 571 g/mol. The Balaban J connectivity index is 1.29. The molecule has 1 heterocycles. The van der Waals surface area contributed by atoms with Gasteiger partial charge in [0.25, 0.3) is 0 Å². The molecule has 7 nitrogen and oxygen atoms in total. The maximum absolute atomic E-state index is 13.9. The maximum atomic E-state index is 13.9. The fourth-order valence-electron chi connectivity index (χ4n) is 7.15. The zero-order valence-electron chi connectivity index (χ0n) is 23.5. The van der Waals surface area contributed by atoms with Crippen LogP contribution in [0.25, 0.3) is 0 Å². The first-order valence-electron chi connectivity index (χ1n) is 14.5. The lowest BCUT2D eigenvalue weighted by Gasteiger charge is -2.42. The molecule has 7 heteroatoms. The third kappa shape index (κ3) is 4.35. The van der Waals surface area contributed by atoms with Crippen LogP contribution in [0.2, 0.25) is 0 Å². The van der Waals surface area contributed by atoms with Gasteiger partial charge in [-0.25, -0.2) is 0 Å². The van der Waals surface area contributed by atoms with Gasteiger partial charge in [-0.3, -0.25) is 24.1 Å². The van der Waals surface area contributed by atoms with Crippen molar-refractivity contribution in [2.45, 2.75) is 32.3 Å². The van der Waals surface area contributed by atoms with Gasteiger partial charge in [0.05, 0.1) is 17.5 Å². The summed E-state index contributed by atoms with van der Waals surface area (Å²) in [5.41, 5.74) is 3.79. The van der Waals surface area contributed by atoms with Crippen molar-refractivity contribution in [1.82, 2.24) is 0 Å². The highest BCUT2D eigenvalue weighted by atomic mass is 16.5. The molecule has 214 valence electrons. The molecule has 0 spiro atoms. The smallest absolute Gasteiger partial charge is 0.238 e. The van der Waals surface area contributed by atoms with Crippen molar-refractivity contribution < 1.29 is 29.0 Å². The number of aromatic hydroxyl groups is 1. The number of rotatable bonds is 5. The zero-order chi connectivity index (χ0) is 29.8. The van der Waals surface area contributed by atoms with Gasteiger partial charge in [0.1, 0.15) is 18.1 Å². The molecule has 3 aliphatic carbocycles. The second kappa shape index (κ2) is 10.3. The molecule has 0 saturated carbocycles. The number of benzene rings is 3. The van der Waals surface area contributed by atoms with E-state index in [-0.39, 0.29) is 35.6 Å². The Bertz CT molecular complexity index is 1780. The zero-order valence-corrected chi connectivity index (χ0v) is 23.5. The van der Waals surface area contributed by atoms with Crippen LogP contribution in [0.5, 0.6) is 11.5 Å². The maximum Gasteiger partial charge on any atom is 0.238 e. The van der Waals surface area contributed by atoms with Gasteiger partial charge in [-0.15, -0.1) is 0 Å². The average molecular weight is 572 g/mol. The number of hydrogen-bond donors (Lipinski definition) is 1. The van der Waals surface area contributed by atoms with E-state index in [9.17, 15) is 24.3 Å². The van der Waals surface area contributed by atoms with Crippen LogP contribution in [0, 0.1) is 17.8 Å². The van der Waals surface area contributed by atoms with Gasteiger partial charge in [0.2, 0.25) is 11.8 Å².